The van der Waals surface area contributed by atoms with Gasteiger partial charge >= 0.3 is 0 Å². The monoisotopic (exact) mass is 1870 g/mol. The van der Waals surface area contributed by atoms with Crippen molar-refractivity contribution in [3.8, 4) is 66.8 Å². The van der Waals surface area contributed by atoms with Gasteiger partial charge in [-0.05, 0) is 336 Å². The molecule has 0 aromatic heterocycles. The molecule has 1 nitrogen and oxygen atoms in total. The second kappa shape index (κ2) is 35.0. The minimum Gasteiger partial charge on any atom is -0.309 e. The minimum absolute atomic E-state index is 1.03. The summed E-state index contributed by atoms with van der Waals surface area (Å²) in [5.41, 5.74) is 21.0. The first-order valence-electron chi connectivity index (χ1n) is 48.1. The molecule has 0 heterocycles. The molecule has 0 aliphatic rings. The van der Waals surface area contributed by atoms with Gasteiger partial charge < -0.3 is 4.90 Å². The summed E-state index contributed by atoms with van der Waals surface area (Å²) in [6, 6.07) is 193. The molecule has 0 N–H and O–H groups in total. The number of para-hydroxylation sites is 2. The average molecular weight is 1880 g/mol. The van der Waals surface area contributed by atoms with Crippen molar-refractivity contribution in [1.82, 2.24) is 0 Å². The highest BCUT2D eigenvalue weighted by atomic mass is 127. The maximum Gasteiger partial charge on any atom is 0.0624 e. The molecule has 0 aliphatic carbocycles. The molecular weight excluding hydrogens is 1790 g/mol. The molecule has 0 spiro atoms. The zero-order valence-electron chi connectivity index (χ0n) is 76.2. The second-order valence-electron chi connectivity index (χ2n) is 36.6. The molecule has 648 valence electrons. The number of benzene rings is 28. The summed E-state index contributed by atoms with van der Waals surface area (Å²) in [6.07, 6.45) is 1.03. The van der Waals surface area contributed by atoms with E-state index in [1.54, 1.807) is 0 Å². The number of rotatable bonds is 11. The molecule has 0 atom stereocenters. The van der Waals surface area contributed by atoms with Crippen LogP contribution in [-0.2, 0) is 6.42 Å². The third kappa shape index (κ3) is 14.2. The van der Waals surface area contributed by atoms with Crippen LogP contribution in [0.5, 0.6) is 0 Å². The third-order valence-electron chi connectivity index (χ3n) is 28.9. The molecule has 0 unspecified atom stereocenters. The molecule has 0 amide bonds. The maximum atomic E-state index is 2.60. The standard InChI is InChI=1S/C68H43N.C56H33I.C13H12/c1-4-22-44(23-5-1)65-62-43-64-63(42-59(62)55-36-18-21-39-58(55)68(65)69(47-26-6-2-7-27-47)48-28-8-3-9-29-48)66(60-40-45-24-10-12-30-49(45)51-32-14-16-34-53(51)60)56-37-19-20-38-57(56)67(64)61-41-46-25-11-13-31-50(46)52-33-15-17-35-54(52)61;57-56-46-29-15-12-26-43(46)47-32-51-52(33-50(47)53(56)34-16-2-1-3-17-34)55(49-31-36-19-5-7-21-38(36)40-23-9-11-25-42(40)49)45-28-14-13-27-44(45)54(51)48-30-35-18-4-6-20-37(35)39-22-8-10-24-41(39)48;1-3-7-12(8-4-1)11-13-9-5-2-6-10-13/h1-43H;1-33H;1-10H,11H2. The van der Waals surface area contributed by atoms with Gasteiger partial charge in [0, 0.05) is 31.5 Å². The van der Waals surface area contributed by atoms with Crippen LogP contribution in [0.3, 0.4) is 0 Å². The van der Waals surface area contributed by atoms with Crippen LogP contribution >= 0.6 is 22.6 Å². The van der Waals surface area contributed by atoms with E-state index in [-0.39, 0.29) is 0 Å². The first-order valence-corrected chi connectivity index (χ1v) is 49.2. The van der Waals surface area contributed by atoms with Gasteiger partial charge in [0.25, 0.3) is 0 Å². The van der Waals surface area contributed by atoms with Gasteiger partial charge in [0.1, 0.15) is 0 Å². The van der Waals surface area contributed by atoms with Gasteiger partial charge in [-0.25, -0.2) is 0 Å². The number of anilines is 3. The zero-order chi connectivity index (χ0) is 92.0. The SMILES string of the molecule is Ic1c(-c2ccccc2)c2cc3c(-c4cc5ccccc5c5ccccc45)c4ccccc4c(-c4cc5ccccc5c5ccccc45)c3cc2c2ccccc12.c1ccc(-c2c(N(c3ccccc3)c3ccccc3)c3ccccc3c3cc4c(-c5cc6ccccc6c6ccccc56)c5ccccc5c(-c5cc6ccccc6c6ccccc56)c4cc23)cc1.c1ccc(Cc2ccccc2)cc1. The Morgan fingerprint density at radius 3 is 0.669 bits per heavy atom. The first kappa shape index (κ1) is 82.5. The quantitative estimate of drug-likeness (QED) is 0.0709. The fraction of sp³-hybridized carbons (Fsp3) is 0.00730. The summed E-state index contributed by atoms with van der Waals surface area (Å²) in [5, 5.41) is 40.0. The van der Waals surface area contributed by atoms with Crippen LogP contribution in [-0.4, -0.2) is 0 Å². The predicted octanol–water partition coefficient (Wildman–Crippen LogP) is 39.2. The molecule has 139 heavy (non-hydrogen) atoms. The van der Waals surface area contributed by atoms with E-state index < -0.39 is 0 Å². The number of halogens is 1. The van der Waals surface area contributed by atoms with Crippen LogP contribution in [0.2, 0.25) is 0 Å². The number of nitrogens with zero attached hydrogens (tertiary/aromatic N) is 1. The topological polar surface area (TPSA) is 3.24 Å². The summed E-state index contributed by atoms with van der Waals surface area (Å²) < 4.78 is 1.28. The Kier molecular flexibility index (Phi) is 20.8. The smallest absolute Gasteiger partial charge is 0.0624 e. The van der Waals surface area contributed by atoms with E-state index in [2.05, 4.69) is 549 Å². The van der Waals surface area contributed by atoms with E-state index in [1.807, 2.05) is 0 Å². The lowest BCUT2D eigenvalue weighted by Gasteiger charge is -2.31. The molecule has 28 rings (SSSR count). The molecule has 0 saturated carbocycles. The third-order valence-corrected chi connectivity index (χ3v) is 30.0. The lowest BCUT2D eigenvalue weighted by atomic mass is 9.80. The molecule has 28 aromatic carbocycles. The summed E-state index contributed by atoms with van der Waals surface area (Å²) in [6.45, 7) is 0. The van der Waals surface area contributed by atoms with Crippen molar-refractivity contribution in [1.29, 1.82) is 0 Å². The van der Waals surface area contributed by atoms with E-state index in [4.69, 9.17) is 0 Å². The van der Waals surface area contributed by atoms with E-state index in [0.717, 1.165) is 23.5 Å². The summed E-state index contributed by atoms with van der Waals surface area (Å²) >= 11 is 2.60. The van der Waals surface area contributed by atoms with Crippen LogP contribution < -0.4 is 4.90 Å². The molecule has 0 aliphatic heterocycles. The van der Waals surface area contributed by atoms with Crippen LogP contribution in [0.15, 0.2) is 522 Å². The molecule has 2 heteroatoms. The largest absolute Gasteiger partial charge is 0.309 e. The Hall–Kier alpha value is -17.2. The summed E-state index contributed by atoms with van der Waals surface area (Å²) in [5.74, 6) is 0. The number of fused-ring (bicyclic) bond motifs is 22. The van der Waals surface area contributed by atoms with Crippen molar-refractivity contribution in [2.45, 2.75) is 6.42 Å². The van der Waals surface area contributed by atoms with Crippen molar-refractivity contribution < 1.29 is 0 Å². The van der Waals surface area contributed by atoms with Crippen molar-refractivity contribution >= 4 is 212 Å². The zero-order valence-corrected chi connectivity index (χ0v) is 78.3. The highest BCUT2D eigenvalue weighted by Gasteiger charge is 2.30. The minimum atomic E-state index is 1.03. The lowest BCUT2D eigenvalue weighted by Crippen LogP contribution is -2.12. The van der Waals surface area contributed by atoms with E-state index >= 15 is 0 Å². The molecule has 0 radical (unpaired) electrons. The molecule has 0 bridgehead atoms. The number of hydrogen-bond acceptors (Lipinski definition) is 1. The molecular formula is C137H88IN. The number of hydrogen-bond donors (Lipinski definition) is 0. The van der Waals surface area contributed by atoms with Crippen LogP contribution in [0.25, 0.3) is 239 Å². The molecule has 0 saturated heterocycles. The normalized spacial score (nSPS) is 11.7. The first-order chi connectivity index (χ1) is 69.0. The second-order valence-corrected chi connectivity index (χ2v) is 37.7. The average Bonchev–Trinajstić information content (AvgIpc) is 0.701. The van der Waals surface area contributed by atoms with Gasteiger partial charge in [-0.1, -0.05) is 449 Å². The Balaban J connectivity index is 0.000000128. The Labute approximate surface area is 819 Å². The van der Waals surface area contributed by atoms with E-state index in [9.17, 15) is 0 Å². The fourth-order valence-corrected chi connectivity index (χ4v) is 23.9. The highest BCUT2D eigenvalue weighted by Crippen LogP contribution is 2.57. The van der Waals surface area contributed by atoms with Gasteiger partial charge in [-0.3, -0.25) is 0 Å². The van der Waals surface area contributed by atoms with Gasteiger partial charge in [0.15, 0.2) is 0 Å². The fourth-order valence-electron chi connectivity index (χ4n) is 22.9. The Morgan fingerprint density at radius 1 is 0.144 bits per heavy atom. The summed E-state index contributed by atoms with van der Waals surface area (Å²) in [4.78, 5) is 2.47. The van der Waals surface area contributed by atoms with Crippen LogP contribution in [0.1, 0.15) is 11.1 Å². The van der Waals surface area contributed by atoms with E-state index in [1.165, 1.54) is 254 Å². The van der Waals surface area contributed by atoms with Crippen molar-refractivity contribution in [2.24, 2.45) is 0 Å². The van der Waals surface area contributed by atoms with Gasteiger partial charge in [-0.2, -0.15) is 0 Å². The van der Waals surface area contributed by atoms with Crippen LogP contribution in [0.4, 0.5) is 17.1 Å². The molecule has 0 fully saturated rings. The van der Waals surface area contributed by atoms with Gasteiger partial charge in [-0.15, -0.1) is 0 Å². The van der Waals surface area contributed by atoms with Crippen molar-refractivity contribution in [2.75, 3.05) is 4.90 Å². The summed E-state index contributed by atoms with van der Waals surface area (Å²) in [7, 11) is 0. The van der Waals surface area contributed by atoms with Crippen LogP contribution in [0, 0.1) is 3.57 Å². The Bertz CT molecular complexity index is 9710. The Morgan fingerprint density at radius 2 is 0.353 bits per heavy atom. The highest BCUT2D eigenvalue weighted by molar-refractivity contribution is 14.1. The maximum absolute atomic E-state index is 2.60. The van der Waals surface area contributed by atoms with Crippen molar-refractivity contribution in [3.63, 3.8) is 0 Å². The van der Waals surface area contributed by atoms with Gasteiger partial charge in [0.05, 0.1) is 5.69 Å². The predicted molar refractivity (Wildman–Crippen MR) is 609 cm³/mol. The van der Waals surface area contributed by atoms with Gasteiger partial charge in [0.2, 0.25) is 0 Å². The van der Waals surface area contributed by atoms with E-state index in [0.29, 0.717) is 0 Å². The molecule has 28 aromatic rings. The van der Waals surface area contributed by atoms with Crippen molar-refractivity contribution in [3.05, 3.63) is 536 Å². The lowest BCUT2D eigenvalue weighted by molar-refractivity contribution is 1.19.